The van der Waals surface area contributed by atoms with Crippen molar-refractivity contribution in [3.63, 3.8) is 0 Å². The van der Waals surface area contributed by atoms with Gasteiger partial charge >= 0.3 is 0 Å². The molecule has 90 valence electrons. The Morgan fingerprint density at radius 2 is 2.38 bits per heavy atom. The lowest BCUT2D eigenvalue weighted by molar-refractivity contribution is 0.0679. The number of nitrogens with zero attached hydrogens (tertiary/aromatic N) is 1. The standard InChI is InChI=1S/C9H14N2O4S/c1-15-7-8(12)5-11-16(13,14)9-3-2-4-10-6-9/h2-4,6,8,11-12H,5,7H2,1H3. The second-order valence-corrected chi connectivity index (χ2v) is 4.92. The van der Waals surface area contributed by atoms with Gasteiger partial charge in [-0.3, -0.25) is 4.98 Å². The van der Waals surface area contributed by atoms with Crippen LogP contribution in [0, 0.1) is 0 Å². The first-order valence-electron chi connectivity index (χ1n) is 4.63. The van der Waals surface area contributed by atoms with Crippen LogP contribution in [0.4, 0.5) is 0 Å². The molecule has 0 fully saturated rings. The molecule has 0 aliphatic rings. The quantitative estimate of drug-likeness (QED) is 0.697. The molecule has 1 heterocycles. The molecule has 1 rings (SSSR count). The second kappa shape index (κ2) is 5.90. The Bertz CT molecular complexity index is 407. The van der Waals surface area contributed by atoms with Crippen molar-refractivity contribution in [3.8, 4) is 0 Å². The number of aliphatic hydroxyl groups excluding tert-OH is 1. The van der Waals surface area contributed by atoms with Crippen molar-refractivity contribution in [2.45, 2.75) is 11.0 Å². The van der Waals surface area contributed by atoms with E-state index >= 15 is 0 Å². The van der Waals surface area contributed by atoms with Gasteiger partial charge in [0.25, 0.3) is 0 Å². The Labute approximate surface area is 94.3 Å². The van der Waals surface area contributed by atoms with E-state index in [1.54, 1.807) is 0 Å². The van der Waals surface area contributed by atoms with Crippen LogP contribution in [0.25, 0.3) is 0 Å². The molecule has 1 atom stereocenters. The van der Waals surface area contributed by atoms with E-state index < -0.39 is 16.1 Å². The smallest absolute Gasteiger partial charge is 0.242 e. The first-order chi connectivity index (χ1) is 7.56. The Morgan fingerprint density at radius 1 is 1.62 bits per heavy atom. The van der Waals surface area contributed by atoms with Crippen LogP contribution in [0.5, 0.6) is 0 Å². The number of ether oxygens (including phenoxy) is 1. The zero-order valence-corrected chi connectivity index (χ0v) is 9.64. The molecule has 16 heavy (non-hydrogen) atoms. The summed E-state index contributed by atoms with van der Waals surface area (Å²) in [6.07, 6.45) is 1.86. The molecular formula is C9H14N2O4S. The maximum Gasteiger partial charge on any atom is 0.242 e. The number of sulfonamides is 1. The zero-order valence-electron chi connectivity index (χ0n) is 8.83. The maximum absolute atomic E-state index is 11.6. The lowest BCUT2D eigenvalue weighted by Crippen LogP contribution is -2.34. The summed E-state index contributed by atoms with van der Waals surface area (Å²) < 4.78 is 30.2. The van der Waals surface area contributed by atoms with Crippen molar-refractivity contribution in [2.24, 2.45) is 0 Å². The lowest BCUT2D eigenvalue weighted by atomic mass is 10.4. The summed E-state index contributed by atoms with van der Waals surface area (Å²) >= 11 is 0. The van der Waals surface area contributed by atoms with E-state index in [4.69, 9.17) is 0 Å². The van der Waals surface area contributed by atoms with Crippen LogP contribution in [0.15, 0.2) is 29.4 Å². The summed E-state index contributed by atoms with van der Waals surface area (Å²) in [7, 11) is -2.17. The molecule has 0 aromatic carbocycles. The summed E-state index contributed by atoms with van der Waals surface area (Å²) in [5.74, 6) is 0. The Hall–Kier alpha value is -1.02. The normalized spacial score (nSPS) is 13.6. The number of hydrogen-bond donors (Lipinski definition) is 2. The van der Waals surface area contributed by atoms with Crippen molar-refractivity contribution < 1.29 is 18.3 Å². The third-order valence-corrected chi connectivity index (χ3v) is 3.22. The number of methoxy groups -OCH3 is 1. The van der Waals surface area contributed by atoms with Gasteiger partial charge in [-0.25, -0.2) is 13.1 Å². The first-order valence-corrected chi connectivity index (χ1v) is 6.11. The van der Waals surface area contributed by atoms with Gasteiger partial charge in [0.2, 0.25) is 10.0 Å². The largest absolute Gasteiger partial charge is 0.389 e. The fourth-order valence-corrected chi connectivity index (χ4v) is 2.08. The van der Waals surface area contributed by atoms with E-state index in [1.807, 2.05) is 0 Å². The van der Waals surface area contributed by atoms with Gasteiger partial charge in [-0.15, -0.1) is 0 Å². The number of pyridine rings is 1. The molecule has 0 aliphatic carbocycles. The molecule has 0 saturated heterocycles. The van der Waals surface area contributed by atoms with Gasteiger partial charge in [0, 0.05) is 26.0 Å². The number of hydrogen-bond acceptors (Lipinski definition) is 5. The van der Waals surface area contributed by atoms with Gasteiger partial charge < -0.3 is 9.84 Å². The van der Waals surface area contributed by atoms with Crippen LogP contribution < -0.4 is 4.72 Å². The average molecular weight is 246 g/mol. The van der Waals surface area contributed by atoms with Crippen molar-refractivity contribution in [1.82, 2.24) is 9.71 Å². The molecule has 0 aliphatic heterocycles. The molecule has 1 unspecified atom stereocenters. The molecule has 6 nitrogen and oxygen atoms in total. The second-order valence-electron chi connectivity index (χ2n) is 3.15. The summed E-state index contributed by atoms with van der Waals surface area (Å²) in [5, 5.41) is 9.29. The van der Waals surface area contributed by atoms with E-state index in [0.717, 1.165) is 0 Å². The first kappa shape index (κ1) is 13.0. The minimum Gasteiger partial charge on any atom is -0.389 e. The van der Waals surface area contributed by atoms with Crippen LogP contribution in [0.1, 0.15) is 0 Å². The van der Waals surface area contributed by atoms with Crippen molar-refractivity contribution in [3.05, 3.63) is 24.5 Å². The number of aromatic nitrogens is 1. The van der Waals surface area contributed by atoms with E-state index in [-0.39, 0.29) is 18.0 Å². The highest BCUT2D eigenvalue weighted by atomic mass is 32.2. The summed E-state index contributed by atoms with van der Waals surface area (Å²) in [6.45, 7) is -0.0133. The van der Waals surface area contributed by atoms with Crippen LogP contribution >= 0.6 is 0 Å². The Kier molecular flexibility index (Phi) is 4.81. The predicted molar refractivity (Wildman–Crippen MR) is 57.3 cm³/mol. The maximum atomic E-state index is 11.6. The number of aliphatic hydroxyl groups is 1. The van der Waals surface area contributed by atoms with Crippen LogP contribution in [-0.2, 0) is 14.8 Å². The van der Waals surface area contributed by atoms with E-state index in [9.17, 15) is 13.5 Å². The molecule has 2 N–H and O–H groups in total. The predicted octanol–water partition coefficient (Wildman–Crippen LogP) is -0.633. The van der Waals surface area contributed by atoms with Crippen molar-refractivity contribution in [1.29, 1.82) is 0 Å². The van der Waals surface area contributed by atoms with Gasteiger partial charge in [0.05, 0.1) is 12.7 Å². The van der Waals surface area contributed by atoms with Crippen molar-refractivity contribution >= 4 is 10.0 Å². The topological polar surface area (TPSA) is 88.5 Å². The lowest BCUT2D eigenvalue weighted by Gasteiger charge is -2.10. The molecule has 0 spiro atoms. The third-order valence-electron chi connectivity index (χ3n) is 1.81. The molecule has 0 bridgehead atoms. The van der Waals surface area contributed by atoms with Gasteiger partial charge in [-0.05, 0) is 12.1 Å². The molecule has 1 aromatic rings. The fourth-order valence-electron chi connectivity index (χ4n) is 1.05. The monoisotopic (exact) mass is 246 g/mol. The zero-order chi connectivity index (χ0) is 12.0. The van der Waals surface area contributed by atoms with E-state index in [1.165, 1.54) is 31.6 Å². The van der Waals surface area contributed by atoms with E-state index in [0.29, 0.717) is 0 Å². The number of rotatable bonds is 6. The molecule has 0 radical (unpaired) electrons. The summed E-state index contributed by atoms with van der Waals surface area (Å²) in [6, 6.07) is 2.96. The molecular weight excluding hydrogens is 232 g/mol. The van der Waals surface area contributed by atoms with Crippen LogP contribution in [0.3, 0.4) is 0 Å². The molecule has 7 heteroatoms. The highest BCUT2D eigenvalue weighted by molar-refractivity contribution is 7.89. The Morgan fingerprint density at radius 3 is 2.94 bits per heavy atom. The molecule has 0 amide bonds. The van der Waals surface area contributed by atoms with Crippen molar-refractivity contribution in [2.75, 3.05) is 20.3 Å². The van der Waals surface area contributed by atoms with Gasteiger partial charge in [-0.1, -0.05) is 0 Å². The van der Waals surface area contributed by atoms with E-state index in [2.05, 4.69) is 14.4 Å². The highest BCUT2D eigenvalue weighted by Gasteiger charge is 2.15. The molecule has 1 aromatic heterocycles. The minimum atomic E-state index is -3.60. The third kappa shape index (κ3) is 3.86. The van der Waals surface area contributed by atoms with Crippen LogP contribution in [0.2, 0.25) is 0 Å². The molecule has 0 saturated carbocycles. The SMILES string of the molecule is COCC(O)CNS(=O)(=O)c1cccnc1. The van der Waals surface area contributed by atoms with Gasteiger partial charge in [0.15, 0.2) is 0 Å². The minimum absolute atomic E-state index is 0.0691. The summed E-state index contributed by atoms with van der Waals surface area (Å²) in [4.78, 5) is 3.78. The Balaban J connectivity index is 2.60. The van der Waals surface area contributed by atoms with Gasteiger partial charge in [-0.2, -0.15) is 0 Å². The summed E-state index contributed by atoms with van der Waals surface area (Å²) in [5.41, 5.74) is 0. The van der Waals surface area contributed by atoms with Crippen LogP contribution in [-0.4, -0.2) is 44.9 Å². The highest BCUT2D eigenvalue weighted by Crippen LogP contribution is 2.04. The average Bonchev–Trinajstić information content (AvgIpc) is 2.28. The fraction of sp³-hybridized carbons (Fsp3) is 0.444. The number of nitrogens with one attached hydrogen (secondary N) is 1. The van der Waals surface area contributed by atoms with Gasteiger partial charge in [0.1, 0.15) is 4.90 Å².